The first kappa shape index (κ1) is 19.8. The number of likely N-dealkylation sites (tertiary alicyclic amines) is 1. The molecule has 0 spiro atoms. The van der Waals surface area contributed by atoms with Gasteiger partial charge < -0.3 is 14.5 Å². The number of hydrogen-bond acceptors (Lipinski definition) is 6. The second-order valence-electron chi connectivity index (χ2n) is 7.92. The molecule has 0 bridgehead atoms. The van der Waals surface area contributed by atoms with Gasteiger partial charge in [-0.15, -0.1) is 11.3 Å². The van der Waals surface area contributed by atoms with Crippen LogP contribution in [0.15, 0.2) is 35.7 Å². The Balaban J connectivity index is 1.69. The molecule has 0 radical (unpaired) electrons. The minimum absolute atomic E-state index is 0.0745. The highest BCUT2D eigenvalue weighted by atomic mass is 32.1. The van der Waals surface area contributed by atoms with Gasteiger partial charge in [0.05, 0.1) is 6.04 Å². The molecule has 1 aromatic carbocycles. The van der Waals surface area contributed by atoms with Crippen LogP contribution in [0.2, 0.25) is 0 Å². The summed E-state index contributed by atoms with van der Waals surface area (Å²) in [7, 11) is 3.83. The van der Waals surface area contributed by atoms with Gasteiger partial charge in [0.25, 0.3) is 5.91 Å². The van der Waals surface area contributed by atoms with E-state index in [4.69, 9.17) is 4.74 Å². The number of ether oxygens (including phenoxy) is 1. The molecule has 1 saturated heterocycles. The predicted octanol–water partition coefficient (Wildman–Crippen LogP) is 2.58. The molecule has 3 heterocycles. The second kappa shape index (κ2) is 7.72. The first-order chi connectivity index (χ1) is 13.9. The molecule has 7 heteroatoms. The van der Waals surface area contributed by atoms with Crippen LogP contribution in [0.25, 0.3) is 0 Å². The summed E-state index contributed by atoms with van der Waals surface area (Å²) >= 11 is 1.47. The quantitative estimate of drug-likeness (QED) is 0.415. The van der Waals surface area contributed by atoms with Crippen molar-refractivity contribution < 1.29 is 19.1 Å². The lowest BCUT2D eigenvalue weighted by Crippen LogP contribution is -2.36. The number of amides is 1. The second-order valence-corrected chi connectivity index (χ2v) is 8.90. The molecule has 1 amide bonds. The topological polar surface area (TPSA) is 66.9 Å². The van der Waals surface area contributed by atoms with Crippen LogP contribution in [0.4, 0.5) is 0 Å². The Hall–Kier alpha value is -2.51. The number of thiophene rings is 1. The molecule has 3 unspecified atom stereocenters. The summed E-state index contributed by atoms with van der Waals surface area (Å²) < 4.78 is 5.71. The third kappa shape index (κ3) is 3.60. The average Bonchev–Trinajstić information content (AvgIpc) is 3.38. The molecule has 1 fully saturated rings. The van der Waals surface area contributed by atoms with Crippen LogP contribution in [-0.2, 0) is 16.0 Å². The Morgan fingerprint density at radius 1 is 1.28 bits per heavy atom. The molecule has 2 aliphatic heterocycles. The zero-order valence-electron chi connectivity index (χ0n) is 16.8. The van der Waals surface area contributed by atoms with Crippen molar-refractivity contribution in [1.29, 1.82) is 0 Å². The summed E-state index contributed by atoms with van der Waals surface area (Å²) in [5.74, 6) is -1.71. The number of benzene rings is 1. The third-order valence-electron chi connectivity index (χ3n) is 5.49. The van der Waals surface area contributed by atoms with E-state index in [0.717, 1.165) is 22.6 Å². The van der Waals surface area contributed by atoms with Crippen LogP contribution in [0.3, 0.4) is 0 Å². The van der Waals surface area contributed by atoms with Crippen molar-refractivity contribution in [1.82, 2.24) is 9.80 Å². The van der Waals surface area contributed by atoms with E-state index in [0.29, 0.717) is 18.7 Å². The van der Waals surface area contributed by atoms with Gasteiger partial charge in [-0.05, 0) is 56.2 Å². The molecule has 4 rings (SSSR count). The summed E-state index contributed by atoms with van der Waals surface area (Å²) in [6.45, 7) is 3.01. The molecular weight excluding hydrogens is 388 g/mol. The fourth-order valence-corrected chi connectivity index (χ4v) is 4.94. The van der Waals surface area contributed by atoms with Gasteiger partial charge in [0.2, 0.25) is 5.78 Å². The zero-order valence-corrected chi connectivity index (χ0v) is 17.6. The van der Waals surface area contributed by atoms with Crippen LogP contribution >= 0.6 is 11.3 Å². The minimum atomic E-state index is -1.01. The SMILES string of the molecule is CC1Cc2cc(C(=O)C3C(=O)C(=O)N(CCN(C)C)C3c3cccs3)ccc2O1. The molecule has 29 heavy (non-hydrogen) atoms. The number of rotatable bonds is 6. The van der Waals surface area contributed by atoms with E-state index in [-0.39, 0.29) is 11.9 Å². The highest BCUT2D eigenvalue weighted by Crippen LogP contribution is 2.40. The van der Waals surface area contributed by atoms with Gasteiger partial charge >= 0.3 is 0 Å². The molecule has 2 aromatic rings. The Bertz CT molecular complexity index is 954. The molecule has 0 saturated carbocycles. The van der Waals surface area contributed by atoms with Crippen molar-refractivity contribution in [2.45, 2.75) is 25.5 Å². The van der Waals surface area contributed by atoms with E-state index in [9.17, 15) is 14.4 Å². The number of ketones is 2. The monoisotopic (exact) mass is 412 g/mol. The lowest BCUT2D eigenvalue weighted by atomic mass is 9.88. The number of carbonyl (C=O) groups excluding carboxylic acids is 3. The van der Waals surface area contributed by atoms with Crippen molar-refractivity contribution >= 4 is 28.8 Å². The highest BCUT2D eigenvalue weighted by Gasteiger charge is 2.51. The van der Waals surface area contributed by atoms with Crippen molar-refractivity contribution in [3.8, 4) is 5.75 Å². The highest BCUT2D eigenvalue weighted by molar-refractivity contribution is 7.10. The summed E-state index contributed by atoms with van der Waals surface area (Å²) in [4.78, 5) is 43.5. The fraction of sp³-hybridized carbons (Fsp3) is 0.409. The van der Waals surface area contributed by atoms with Gasteiger partial charge in [0.1, 0.15) is 17.8 Å². The molecule has 152 valence electrons. The number of likely N-dealkylation sites (N-methyl/N-ethyl adjacent to an activating group) is 1. The third-order valence-corrected chi connectivity index (χ3v) is 6.43. The Labute approximate surface area is 174 Å². The lowest BCUT2D eigenvalue weighted by molar-refractivity contribution is -0.140. The van der Waals surface area contributed by atoms with E-state index < -0.39 is 23.7 Å². The van der Waals surface area contributed by atoms with Crippen LogP contribution in [0.5, 0.6) is 5.75 Å². The van der Waals surface area contributed by atoms with Crippen LogP contribution < -0.4 is 4.74 Å². The Morgan fingerprint density at radius 2 is 2.07 bits per heavy atom. The van der Waals surface area contributed by atoms with E-state index in [1.165, 1.54) is 11.3 Å². The molecule has 0 N–H and O–H groups in total. The van der Waals surface area contributed by atoms with E-state index in [1.807, 2.05) is 49.5 Å². The maximum atomic E-state index is 13.4. The molecule has 2 aliphatic rings. The van der Waals surface area contributed by atoms with Crippen LogP contribution in [-0.4, -0.2) is 60.6 Å². The maximum Gasteiger partial charge on any atom is 0.291 e. The Morgan fingerprint density at radius 3 is 2.76 bits per heavy atom. The Kier molecular flexibility index (Phi) is 5.27. The van der Waals surface area contributed by atoms with Crippen molar-refractivity contribution in [2.75, 3.05) is 27.2 Å². The van der Waals surface area contributed by atoms with E-state index >= 15 is 0 Å². The molecule has 0 aliphatic carbocycles. The van der Waals surface area contributed by atoms with E-state index in [2.05, 4.69) is 0 Å². The standard InChI is InChI=1S/C22H24N2O4S/c1-13-11-15-12-14(6-7-16(15)28-13)20(25)18-19(17-5-4-10-29-17)24(9-8-23(2)3)22(27)21(18)26/h4-7,10,12-13,18-19H,8-9,11H2,1-3H3. The molecule has 6 nitrogen and oxygen atoms in total. The van der Waals surface area contributed by atoms with Gasteiger partial charge in [0.15, 0.2) is 5.78 Å². The number of carbonyl (C=O) groups is 3. The number of nitrogens with zero attached hydrogens (tertiary/aromatic N) is 2. The largest absolute Gasteiger partial charge is 0.490 e. The van der Waals surface area contributed by atoms with Crippen molar-refractivity contribution in [3.05, 3.63) is 51.7 Å². The van der Waals surface area contributed by atoms with Gasteiger partial charge in [-0.2, -0.15) is 0 Å². The summed E-state index contributed by atoms with van der Waals surface area (Å²) in [6.07, 6.45) is 0.808. The first-order valence-electron chi connectivity index (χ1n) is 9.73. The summed E-state index contributed by atoms with van der Waals surface area (Å²) in [6, 6.07) is 8.52. The van der Waals surface area contributed by atoms with E-state index in [1.54, 1.807) is 17.0 Å². The molecular formula is C22H24N2O4S. The summed E-state index contributed by atoms with van der Waals surface area (Å²) in [5, 5.41) is 1.91. The molecule has 1 aromatic heterocycles. The zero-order chi connectivity index (χ0) is 20.7. The summed E-state index contributed by atoms with van der Waals surface area (Å²) in [5.41, 5.74) is 1.43. The lowest BCUT2D eigenvalue weighted by Gasteiger charge is -2.27. The van der Waals surface area contributed by atoms with Gasteiger partial charge in [-0.25, -0.2) is 0 Å². The fourth-order valence-electron chi connectivity index (χ4n) is 4.07. The van der Waals surface area contributed by atoms with Gasteiger partial charge in [-0.3, -0.25) is 14.4 Å². The van der Waals surface area contributed by atoms with Gasteiger partial charge in [-0.1, -0.05) is 6.07 Å². The van der Waals surface area contributed by atoms with Crippen molar-refractivity contribution in [2.24, 2.45) is 5.92 Å². The smallest absolute Gasteiger partial charge is 0.291 e. The number of fused-ring (bicyclic) bond motifs is 1. The average molecular weight is 413 g/mol. The number of hydrogen-bond donors (Lipinski definition) is 0. The normalized spacial score (nSPS) is 23.6. The first-order valence-corrected chi connectivity index (χ1v) is 10.6. The van der Waals surface area contributed by atoms with Crippen LogP contribution in [0, 0.1) is 5.92 Å². The number of Topliss-reactive ketones (excluding diaryl/α,β-unsaturated/α-hetero) is 2. The predicted molar refractivity (Wildman–Crippen MR) is 110 cm³/mol. The molecule has 3 atom stereocenters. The van der Waals surface area contributed by atoms with Crippen molar-refractivity contribution in [3.63, 3.8) is 0 Å². The maximum absolute atomic E-state index is 13.4. The van der Waals surface area contributed by atoms with Crippen LogP contribution in [0.1, 0.15) is 33.8 Å². The van der Waals surface area contributed by atoms with Gasteiger partial charge in [0, 0.05) is 30.0 Å². The minimum Gasteiger partial charge on any atom is -0.490 e.